The van der Waals surface area contributed by atoms with E-state index in [4.69, 9.17) is 9.26 Å². The summed E-state index contributed by atoms with van der Waals surface area (Å²) >= 11 is 1.09. The average molecular weight is 435 g/mol. The molecule has 1 N–H and O–H groups in total. The first kappa shape index (κ1) is 23.3. The van der Waals surface area contributed by atoms with Gasteiger partial charge in [0, 0.05) is 39.4 Å². The van der Waals surface area contributed by atoms with Crippen molar-refractivity contribution in [1.29, 1.82) is 0 Å². The molecular formula is C20H26N4O5S. The molecule has 0 radical (unpaired) electrons. The van der Waals surface area contributed by atoms with Gasteiger partial charge in [0.1, 0.15) is 5.76 Å². The number of amides is 2. The molecule has 1 aromatic heterocycles. The second-order valence-electron chi connectivity index (χ2n) is 6.84. The average Bonchev–Trinajstić information content (AvgIpc) is 3.10. The molecule has 0 spiro atoms. The first-order chi connectivity index (χ1) is 14.2. The molecule has 30 heavy (non-hydrogen) atoms. The van der Waals surface area contributed by atoms with Crippen LogP contribution in [0, 0.1) is 6.92 Å². The lowest BCUT2D eigenvalue weighted by molar-refractivity contribution is -0.149. The number of thioether (sulfide) groups is 1. The van der Waals surface area contributed by atoms with Crippen molar-refractivity contribution in [1.82, 2.24) is 10.1 Å². The van der Waals surface area contributed by atoms with Crippen LogP contribution in [0.15, 0.2) is 34.9 Å². The van der Waals surface area contributed by atoms with Crippen molar-refractivity contribution in [3.8, 4) is 0 Å². The molecule has 9 nitrogen and oxygen atoms in total. The normalized spacial score (nSPS) is 10.4. The van der Waals surface area contributed by atoms with E-state index >= 15 is 0 Å². The third kappa shape index (κ3) is 7.78. The van der Waals surface area contributed by atoms with Crippen molar-refractivity contribution < 1.29 is 23.6 Å². The minimum absolute atomic E-state index is 0.0335. The molecule has 0 unspecified atom stereocenters. The summed E-state index contributed by atoms with van der Waals surface area (Å²) in [5.74, 6) is -0.234. The zero-order valence-corrected chi connectivity index (χ0v) is 18.3. The molecule has 2 amide bonds. The van der Waals surface area contributed by atoms with Crippen molar-refractivity contribution in [3.05, 3.63) is 41.7 Å². The van der Waals surface area contributed by atoms with E-state index in [0.717, 1.165) is 23.0 Å². The monoisotopic (exact) mass is 434 g/mol. The number of likely N-dealkylation sites (N-methyl/N-ethyl adjacent to an activating group) is 1. The Hall–Kier alpha value is -3.01. The smallest absolute Gasteiger partial charge is 0.316 e. The van der Waals surface area contributed by atoms with Gasteiger partial charge in [0.2, 0.25) is 5.91 Å². The van der Waals surface area contributed by atoms with Gasteiger partial charge < -0.3 is 24.4 Å². The summed E-state index contributed by atoms with van der Waals surface area (Å²) in [6, 6.07) is 9.45. The minimum atomic E-state index is -0.554. The SMILES string of the molecule is Cc1cc(NC(=O)CSCC(=O)OCC(=O)N(C)Cc2ccc(N(C)C)cc2)no1. The van der Waals surface area contributed by atoms with E-state index in [1.165, 1.54) is 4.90 Å². The van der Waals surface area contributed by atoms with Crippen LogP contribution in [0.2, 0.25) is 0 Å². The lowest BCUT2D eigenvalue weighted by atomic mass is 10.2. The maximum absolute atomic E-state index is 12.2. The Labute approximate surface area is 179 Å². The van der Waals surface area contributed by atoms with E-state index in [2.05, 4.69) is 10.5 Å². The highest BCUT2D eigenvalue weighted by atomic mass is 32.2. The molecule has 2 aromatic rings. The fraction of sp³-hybridized carbons (Fsp3) is 0.400. The summed E-state index contributed by atoms with van der Waals surface area (Å²) in [5.41, 5.74) is 2.05. The van der Waals surface area contributed by atoms with E-state index in [1.807, 2.05) is 43.3 Å². The third-order valence-electron chi connectivity index (χ3n) is 4.00. The molecule has 10 heteroatoms. The fourth-order valence-corrected chi connectivity index (χ4v) is 3.00. The highest BCUT2D eigenvalue weighted by Crippen LogP contribution is 2.13. The molecule has 0 atom stereocenters. The Morgan fingerprint density at radius 2 is 1.83 bits per heavy atom. The second kappa shape index (κ2) is 11.2. The lowest BCUT2D eigenvalue weighted by Gasteiger charge is -2.18. The molecule has 0 aliphatic rings. The van der Waals surface area contributed by atoms with E-state index in [1.54, 1.807) is 20.0 Å². The zero-order valence-electron chi connectivity index (χ0n) is 17.5. The number of carbonyl (C=O) groups excluding carboxylic acids is 3. The van der Waals surface area contributed by atoms with E-state index < -0.39 is 5.97 Å². The number of hydrogen-bond donors (Lipinski definition) is 1. The molecule has 1 aromatic carbocycles. The number of aromatic nitrogens is 1. The Balaban J connectivity index is 1.64. The Kier molecular flexibility index (Phi) is 8.72. The van der Waals surface area contributed by atoms with Gasteiger partial charge in [-0.3, -0.25) is 14.4 Å². The van der Waals surface area contributed by atoms with Gasteiger partial charge in [0.25, 0.3) is 5.91 Å². The van der Waals surface area contributed by atoms with Crippen LogP contribution in [0.25, 0.3) is 0 Å². The van der Waals surface area contributed by atoms with Crippen LogP contribution in [0.4, 0.5) is 11.5 Å². The molecule has 0 bridgehead atoms. The van der Waals surface area contributed by atoms with Crippen molar-refractivity contribution in [2.45, 2.75) is 13.5 Å². The first-order valence-electron chi connectivity index (χ1n) is 9.21. The molecule has 0 saturated heterocycles. The summed E-state index contributed by atoms with van der Waals surface area (Å²) in [7, 11) is 5.57. The standard InChI is InChI=1S/C20H26N4O5S/c1-14-9-17(22-29-14)21-18(25)12-30-13-20(27)28-11-19(26)24(4)10-15-5-7-16(8-6-15)23(2)3/h5-9H,10-13H2,1-4H3,(H,21,22,25). The van der Waals surface area contributed by atoms with Gasteiger partial charge >= 0.3 is 5.97 Å². The van der Waals surface area contributed by atoms with Crippen LogP contribution in [0.1, 0.15) is 11.3 Å². The van der Waals surface area contributed by atoms with Crippen molar-refractivity contribution in [2.75, 3.05) is 49.5 Å². The summed E-state index contributed by atoms with van der Waals surface area (Å²) in [6.45, 7) is 1.80. The highest BCUT2D eigenvalue weighted by Gasteiger charge is 2.14. The maximum atomic E-state index is 12.2. The van der Waals surface area contributed by atoms with E-state index in [0.29, 0.717) is 18.1 Å². The zero-order chi connectivity index (χ0) is 22.1. The van der Waals surface area contributed by atoms with Crippen molar-refractivity contribution in [2.24, 2.45) is 0 Å². The lowest BCUT2D eigenvalue weighted by Crippen LogP contribution is -2.31. The summed E-state index contributed by atoms with van der Waals surface area (Å²) in [6.07, 6.45) is 0. The molecule has 162 valence electrons. The quantitative estimate of drug-likeness (QED) is 0.566. The highest BCUT2D eigenvalue weighted by molar-refractivity contribution is 8.00. The van der Waals surface area contributed by atoms with Gasteiger partial charge in [0.15, 0.2) is 12.4 Å². The summed E-state index contributed by atoms with van der Waals surface area (Å²) < 4.78 is 9.85. The van der Waals surface area contributed by atoms with E-state index in [9.17, 15) is 14.4 Å². The number of rotatable bonds is 10. The second-order valence-corrected chi connectivity index (χ2v) is 7.82. The van der Waals surface area contributed by atoms with Crippen LogP contribution < -0.4 is 10.2 Å². The molecule has 1 heterocycles. The van der Waals surface area contributed by atoms with Gasteiger partial charge in [-0.25, -0.2) is 0 Å². The first-order valence-corrected chi connectivity index (χ1v) is 10.4. The summed E-state index contributed by atoms with van der Waals surface area (Å²) in [5, 5.41) is 6.21. The predicted octanol–water partition coefficient (Wildman–Crippen LogP) is 1.92. The number of nitrogens with zero attached hydrogens (tertiary/aromatic N) is 3. The molecule has 0 aliphatic carbocycles. The van der Waals surface area contributed by atoms with Crippen LogP contribution in [0.5, 0.6) is 0 Å². The number of esters is 1. The summed E-state index contributed by atoms with van der Waals surface area (Å²) in [4.78, 5) is 39.2. The Morgan fingerprint density at radius 1 is 1.13 bits per heavy atom. The van der Waals surface area contributed by atoms with Crippen LogP contribution in [-0.4, -0.2) is 67.1 Å². The third-order valence-corrected chi connectivity index (χ3v) is 4.91. The molecular weight excluding hydrogens is 408 g/mol. The van der Waals surface area contributed by atoms with Gasteiger partial charge in [-0.15, -0.1) is 11.8 Å². The maximum Gasteiger partial charge on any atom is 0.316 e. The van der Waals surface area contributed by atoms with Crippen LogP contribution in [-0.2, 0) is 25.7 Å². The Bertz CT molecular complexity index is 866. The van der Waals surface area contributed by atoms with Crippen molar-refractivity contribution in [3.63, 3.8) is 0 Å². The van der Waals surface area contributed by atoms with Gasteiger partial charge in [-0.2, -0.15) is 0 Å². The molecule has 2 rings (SSSR count). The fourth-order valence-electron chi connectivity index (χ4n) is 2.39. The largest absolute Gasteiger partial charge is 0.455 e. The van der Waals surface area contributed by atoms with E-state index in [-0.39, 0.29) is 29.9 Å². The van der Waals surface area contributed by atoms with Gasteiger partial charge in [-0.1, -0.05) is 17.3 Å². The molecule has 0 aliphatic heterocycles. The number of hydrogen-bond acceptors (Lipinski definition) is 8. The van der Waals surface area contributed by atoms with Gasteiger partial charge in [0.05, 0.1) is 11.5 Å². The number of benzene rings is 1. The number of anilines is 2. The topological polar surface area (TPSA) is 105 Å². The number of ether oxygens (including phenoxy) is 1. The number of nitrogens with one attached hydrogen (secondary N) is 1. The van der Waals surface area contributed by atoms with Crippen molar-refractivity contribution >= 4 is 41.1 Å². The van der Waals surface area contributed by atoms with Crippen LogP contribution >= 0.6 is 11.8 Å². The predicted molar refractivity (Wildman–Crippen MR) is 115 cm³/mol. The number of aryl methyl sites for hydroxylation is 1. The molecule has 0 saturated carbocycles. The number of carbonyl (C=O) groups is 3. The van der Waals surface area contributed by atoms with Crippen LogP contribution in [0.3, 0.4) is 0 Å². The van der Waals surface area contributed by atoms with Gasteiger partial charge in [-0.05, 0) is 24.6 Å². The minimum Gasteiger partial charge on any atom is -0.455 e. The molecule has 0 fully saturated rings. The Morgan fingerprint density at radius 3 is 2.43 bits per heavy atom.